The zero-order valence-corrected chi connectivity index (χ0v) is 13.5. The van der Waals surface area contributed by atoms with Gasteiger partial charge in [0, 0.05) is 28.6 Å². The first-order chi connectivity index (χ1) is 9.94. The largest absolute Gasteiger partial charge is 0.481 e. The van der Waals surface area contributed by atoms with Gasteiger partial charge in [-0.05, 0) is 20.0 Å². The summed E-state index contributed by atoms with van der Waals surface area (Å²) in [7, 11) is -0.435. The second-order valence-electron chi connectivity index (χ2n) is 4.26. The number of hydrogen-bond acceptors (Lipinski definition) is 7. The van der Waals surface area contributed by atoms with Crippen molar-refractivity contribution in [2.24, 2.45) is 0 Å². The quantitative estimate of drug-likeness (QED) is 0.832. The summed E-state index contributed by atoms with van der Waals surface area (Å²) < 4.78 is 31.9. The molecule has 0 aliphatic carbocycles. The molecule has 2 aromatic rings. The minimum Gasteiger partial charge on any atom is -0.481 e. The molecule has 0 aromatic carbocycles. The fraction of sp³-hybridized carbons (Fsp3) is 0.333. The molecule has 2 N–H and O–H groups in total. The molecule has 7 nitrogen and oxygen atoms in total. The first-order valence-electron chi connectivity index (χ1n) is 6.09. The number of anilines is 1. The van der Waals surface area contributed by atoms with Crippen molar-refractivity contribution in [3.63, 3.8) is 0 Å². The molecular formula is C12H16N4O3S2. The molecule has 2 aromatic heterocycles. The van der Waals surface area contributed by atoms with E-state index in [1.807, 2.05) is 0 Å². The smallest absolute Gasteiger partial charge is 0.265 e. The minimum atomic E-state index is -3.70. The van der Waals surface area contributed by atoms with Gasteiger partial charge in [0.05, 0.1) is 12.0 Å². The van der Waals surface area contributed by atoms with Gasteiger partial charge in [-0.2, -0.15) is 4.98 Å². The van der Waals surface area contributed by atoms with Gasteiger partial charge >= 0.3 is 0 Å². The molecule has 114 valence electrons. The van der Waals surface area contributed by atoms with Gasteiger partial charge in [0.15, 0.2) is 0 Å². The molecule has 0 fully saturated rings. The van der Waals surface area contributed by atoms with Crippen LogP contribution in [-0.2, 0) is 16.6 Å². The van der Waals surface area contributed by atoms with Crippen LogP contribution in [0, 0.1) is 6.92 Å². The number of thiophene rings is 1. The Balaban J connectivity index is 2.26. The lowest BCUT2D eigenvalue weighted by atomic mass is 10.4. The van der Waals surface area contributed by atoms with Crippen molar-refractivity contribution in [2.45, 2.75) is 18.4 Å². The average molecular weight is 328 g/mol. The highest BCUT2D eigenvalue weighted by molar-refractivity contribution is 7.92. The van der Waals surface area contributed by atoms with Crippen molar-refractivity contribution < 1.29 is 13.2 Å². The van der Waals surface area contributed by atoms with Crippen LogP contribution in [-0.4, -0.2) is 32.5 Å². The third kappa shape index (κ3) is 3.90. The SMILES string of the molecule is CNCc1cc(S(=O)(=O)Nc2nc(C)cc(OC)n2)cs1. The number of hydrogen-bond donors (Lipinski definition) is 2. The fourth-order valence-corrected chi connectivity index (χ4v) is 3.87. The van der Waals surface area contributed by atoms with Gasteiger partial charge in [-0.3, -0.25) is 0 Å². The fourth-order valence-electron chi connectivity index (χ4n) is 1.64. The number of rotatable bonds is 6. The molecule has 21 heavy (non-hydrogen) atoms. The molecule has 0 amide bonds. The summed E-state index contributed by atoms with van der Waals surface area (Å²) >= 11 is 1.38. The Morgan fingerprint density at radius 3 is 2.76 bits per heavy atom. The monoisotopic (exact) mass is 328 g/mol. The predicted molar refractivity (Wildman–Crippen MR) is 81.2 cm³/mol. The molecule has 0 radical (unpaired) electrons. The van der Waals surface area contributed by atoms with E-state index >= 15 is 0 Å². The summed E-state index contributed by atoms with van der Waals surface area (Å²) in [6.07, 6.45) is 0. The topological polar surface area (TPSA) is 93.2 Å². The summed E-state index contributed by atoms with van der Waals surface area (Å²) in [5, 5.41) is 4.56. The zero-order chi connectivity index (χ0) is 15.5. The zero-order valence-electron chi connectivity index (χ0n) is 11.9. The first-order valence-corrected chi connectivity index (χ1v) is 8.45. The number of sulfonamides is 1. The third-order valence-electron chi connectivity index (χ3n) is 2.56. The average Bonchev–Trinajstić information content (AvgIpc) is 2.87. The minimum absolute atomic E-state index is 0.00628. The Morgan fingerprint density at radius 1 is 1.33 bits per heavy atom. The van der Waals surface area contributed by atoms with E-state index in [1.54, 1.807) is 31.5 Å². The first kappa shape index (κ1) is 15.7. The van der Waals surface area contributed by atoms with Crippen LogP contribution in [0.5, 0.6) is 5.88 Å². The number of ether oxygens (including phenoxy) is 1. The lowest BCUT2D eigenvalue weighted by Gasteiger charge is -2.07. The maximum absolute atomic E-state index is 12.3. The molecule has 0 aliphatic heterocycles. The highest BCUT2D eigenvalue weighted by Gasteiger charge is 2.18. The number of aryl methyl sites for hydroxylation is 1. The second-order valence-corrected chi connectivity index (χ2v) is 6.94. The summed E-state index contributed by atoms with van der Waals surface area (Å²) in [5.41, 5.74) is 0.612. The summed E-state index contributed by atoms with van der Waals surface area (Å²) in [6.45, 7) is 2.35. The third-order valence-corrected chi connectivity index (χ3v) is 4.95. The number of nitrogens with one attached hydrogen (secondary N) is 2. The molecular weight excluding hydrogens is 312 g/mol. The van der Waals surface area contributed by atoms with Gasteiger partial charge in [-0.1, -0.05) is 0 Å². The van der Waals surface area contributed by atoms with Crippen molar-refractivity contribution in [1.82, 2.24) is 15.3 Å². The van der Waals surface area contributed by atoms with Gasteiger partial charge in [0.1, 0.15) is 0 Å². The van der Waals surface area contributed by atoms with Crippen LogP contribution < -0.4 is 14.8 Å². The molecule has 9 heteroatoms. The van der Waals surface area contributed by atoms with Crippen LogP contribution in [0.1, 0.15) is 10.6 Å². The standard InChI is InChI=1S/C12H16N4O3S2/c1-8-4-11(19-3)15-12(14-8)16-21(17,18)10-5-9(6-13-2)20-7-10/h4-5,7,13H,6H2,1-3H3,(H,14,15,16). The van der Waals surface area contributed by atoms with Gasteiger partial charge in [-0.15, -0.1) is 11.3 Å². The lowest BCUT2D eigenvalue weighted by Crippen LogP contribution is -2.15. The van der Waals surface area contributed by atoms with Crippen molar-refractivity contribution in [3.05, 3.63) is 28.1 Å². The highest BCUT2D eigenvalue weighted by Crippen LogP contribution is 2.21. The molecule has 0 spiro atoms. The van der Waals surface area contributed by atoms with Crippen molar-refractivity contribution in [3.8, 4) is 5.88 Å². The van der Waals surface area contributed by atoms with E-state index in [-0.39, 0.29) is 10.8 Å². The summed E-state index contributed by atoms with van der Waals surface area (Å²) in [4.78, 5) is 9.15. The van der Waals surface area contributed by atoms with E-state index < -0.39 is 10.0 Å². The number of nitrogens with zero attached hydrogens (tertiary/aromatic N) is 2. The maximum atomic E-state index is 12.3. The van der Waals surface area contributed by atoms with E-state index in [2.05, 4.69) is 20.0 Å². The molecule has 0 bridgehead atoms. The van der Waals surface area contributed by atoms with Crippen LogP contribution in [0.3, 0.4) is 0 Å². The van der Waals surface area contributed by atoms with E-state index in [4.69, 9.17) is 4.74 Å². The van der Waals surface area contributed by atoms with E-state index in [0.29, 0.717) is 18.1 Å². The molecule has 0 atom stereocenters. The highest BCUT2D eigenvalue weighted by atomic mass is 32.2. The number of aromatic nitrogens is 2. The van der Waals surface area contributed by atoms with Crippen LogP contribution >= 0.6 is 11.3 Å². The van der Waals surface area contributed by atoms with E-state index in [1.165, 1.54) is 18.4 Å². The Hall–Kier alpha value is -1.71. The number of methoxy groups -OCH3 is 1. The van der Waals surface area contributed by atoms with Crippen molar-refractivity contribution in [1.29, 1.82) is 0 Å². The van der Waals surface area contributed by atoms with Gasteiger partial charge < -0.3 is 10.1 Å². The van der Waals surface area contributed by atoms with Crippen molar-refractivity contribution in [2.75, 3.05) is 18.9 Å². The summed E-state index contributed by atoms with van der Waals surface area (Å²) in [6, 6.07) is 3.24. The lowest BCUT2D eigenvalue weighted by molar-refractivity contribution is 0.397. The van der Waals surface area contributed by atoms with Gasteiger partial charge in [-0.25, -0.2) is 18.1 Å². The van der Waals surface area contributed by atoms with Crippen LogP contribution in [0.4, 0.5) is 5.95 Å². The molecule has 0 unspecified atom stereocenters. The Morgan fingerprint density at radius 2 is 2.10 bits per heavy atom. The molecule has 2 heterocycles. The molecule has 0 saturated carbocycles. The van der Waals surface area contributed by atoms with Crippen LogP contribution in [0.25, 0.3) is 0 Å². The van der Waals surface area contributed by atoms with E-state index in [9.17, 15) is 8.42 Å². The molecule has 0 aliphatic rings. The van der Waals surface area contributed by atoms with Crippen molar-refractivity contribution >= 4 is 27.3 Å². The normalized spacial score (nSPS) is 11.4. The Labute approximate surface area is 127 Å². The Kier molecular flexibility index (Phi) is 4.76. The molecule has 0 saturated heterocycles. The molecule has 2 rings (SSSR count). The van der Waals surface area contributed by atoms with Gasteiger partial charge in [0.2, 0.25) is 11.8 Å². The maximum Gasteiger partial charge on any atom is 0.265 e. The van der Waals surface area contributed by atoms with Crippen LogP contribution in [0.15, 0.2) is 22.4 Å². The van der Waals surface area contributed by atoms with Gasteiger partial charge in [0.25, 0.3) is 10.0 Å². The Bertz CT molecular complexity index is 728. The summed E-state index contributed by atoms with van der Waals surface area (Å²) in [5.74, 6) is 0.301. The van der Waals surface area contributed by atoms with Crippen LogP contribution in [0.2, 0.25) is 0 Å². The second kappa shape index (κ2) is 6.37. The van der Waals surface area contributed by atoms with E-state index in [0.717, 1.165) is 4.88 Å². The predicted octanol–water partition coefficient (Wildman–Crippen LogP) is 1.38.